The summed E-state index contributed by atoms with van der Waals surface area (Å²) in [7, 11) is 1.62. The highest BCUT2D eigenvalue weighted by Gasteiger charge is 2.16. The van der Waals surface area contributed by atoms with Gasteiger partial charge in [0.1, 0.15) is 12.4 Å². The van der Waals surface area contributed by atoms with E-state index in [1.807, 2.05) is 12.9 Å². The predicted molar refractivity (Wildman–Crippen MR) is 72.8 cm³/mol. The molecular formula is C10H14N3O3PS. The van der Waals surface area contributed by atoms with E-state index in [-0.39, 0.29) is 12.5 Å². The summed E-state index contributed by atoms with van der Waals surface area (Å²) in [6, 6.07) is 0. The molecule has 8 heteroatoms. The van der Waals surface area contributed by atoms with Gasteiger partial charge in [0.15, 0.2) is 11.4 Å². The van der Waals surface area contributed by atoms with Crippen LogP contribution in [-0.4, -0.2) is 48.8 Å². The van der Waals surface area contributed by atoms with Crippen LogP contribution in [0, 0.1) is 0 Å². The summed E-state index contributed by atoms with van der Waals surface area (Å²) in [6.45, 7) is 1.97. The van der Waals surface area contributed by atoms with E-state index in [1.54, 1.807) is 4.67 Å². The molecule has 0 saturated heterocycles. The Morgan fingerprint density at radius 3 is 2.89 bits per heavy atom. The van der Waals surface area contributed by atoms with Crippen LogP contribution in [-0.2, 0) is 9.53 Å². The van der Waals surface area contributed by atoms with Crippen LogP contribution in [0.4, 0.5) is 5.82 Å². The molecule has 1 rings (SSSR count). The molecule has 6 nitrogen and oxygen atoms in total. The van der Waals surface area contributed by atoms with E-state index in [0.29, 0.717) is 31.6 Å². The summed E-state index contributed by atoms with van der Waals surface area (Å²) in [6.07, 6.45) is 3.99. The van der Waals surface area contributed by atoms with E-state index in [4.69, 9.17) is 0 Å². The molecule has 0 aliphatic carbocycles. The zero-order valence-electron chi connectivity index (χ0n) is 10.3. The van der Waals surface area contributed by atoms with Crippen molar-refractivity contribution in [3.8, 4) is 0 Å². The third kappa shape index (κ3) is 3.65. The lowest BCUT2D eigenvalue weighted by atomic mass is 10.3. The Morgan fingerprint density at radius 1 is 1.67 bits per heavy atom. The summed E-state index contributed by atoms with van der Waals surface area (Å²) in [4.78, 5) is 30.6. The Morgan fingerprint density at radius 2 is 2.39 bits per heavy atom. The number of methoxy groups -OCH3 is 1. The van der Waals surface area contributed by atoms with Gasteiger partial charge in [-0.25, -0.2) is 9.97 Å². The summed E-state index contributed by atoms with van der Waals surface area (Å²) < 4.78 is 6.33. The highest BCUT2D eigenvalue weighted by molar-refractivity contribution is 7.98. The topological polar surface area (TPSA) is 72.4 Å². The standard InChI is InChI=1S/C10H14N3O3PS/c1-16-8(15)5-13(17-2)9-7(6-14)4-11-10(12-9)18-3/h4,6,17H,5H2,1-3H3. The zero-order valence-corrected chi connectivity index (χ0v) is 12.2. The van der Waals surface area contributed by atoms with Crippen LogP contribution in [0.1, 0.15) is 10.4 Å². The fraction of sp³-hybridized carbons (Fsp3) is 0.400. The summed E-state index contributed by atoms with van der Waals surface area (Å²) in [5.41, 5.74) is 0.367. The first-order valence-corrected chi connectivity index (χ1v) is 7.71. The van der Waals surface area contributed by atoms with Crippen LogP contribution in [0.5, 0.6) is 0 Å². The Kier molecular flexibility index (Phi) is 6.01. The maximum Gasteiger partial charge on any atom is 0.325 e. The quantitative estimate of drug-likeness (QED) is 0.256. The minimum absolute atomic E-state index is 0.0666. The molecule has 1 unspecified atom stereocenters. The highest BCUT2D eigenvalue weighted by Crippen LogP contribution is 2.26. The lowest BCUT2D eigenvalue weighted by molar-refractivity contribution is -0.138. The van der Waals surface area contributed by atoms with Crippen molar-refractivity contribution in [2.24, 2.45) is 0 Å². The first-order chi connectivity index (χ1) is 8.65. The first-order valence-electron chi connectivity index (χ1n) is 5.04. The molecule has 0 aliphatic rings. The first kappa shape index (κ1) is 14.9. The normalized spacial score (nSPS) is 10.6. The molecule has 0 aromatic carbocycles. The summed E-state index contributed by atoms with van der Waals surface area (Å²) in [5.74, 6) is 0.0982. The van der Waals surface area contributed by atoms with Crippen LogP contribution in [0.3, 0.4) is 0 Å². The molecule has 0 saturated carbocycles. The second kappa shape index (κ2) is 7.28. The van der Waals surface area contributed by atoms with Crippen LogP contribution in [0.2, 0.25) is 0 Å². The van der Waals surface area contributed by atoms with Gasteiger partial charge in [-0.2, -0.15) is 0 Å². The Hall–Kier alpha value is -1.20. The van der Waals surface area contributed by atoms with Crippen LogP contribution in [0.25, 0.3) is 0 Å². The molecule has 0 fully saturated rings. The summed E-state index contributed by atoms with van der Waals surface area (Å²) in [5, 5.41) is 0.559. The number of thioether (sulfide) groups is 1. The third-order valence-electron chi connectivity index (χ3n) is 2.12. The number of rotatable bonds is 6. The average Bonchev–Trinajstić information content (AvgIpc) is 2.43. The molecular weight excluding hydrogens is 273 g/mol. The number of nitrogens with zero attached hydrogens (tertiary/aromatic N) is 3. The fourth-order valence-corrected chi connectivity index (χ4v) is 2.23. The van der Waals surface area contributed by atoms with Crippen molar-refractivity contribution in [3.63, 3.8) is 0 Å². The largest absolute Gasteiger partial charge is 0.468 e. The number of carbonyl (C=O) groups excluding carboxylic acids is 2. The molecule has 18 heavy (non-hydrogen) atoms. The van der Waals surface area contributed by atoms with Crippen molar-refractivity contribution in [2.75, 3.05) is 31.2 Å². The second-order valence-corrected chi connectivity index (χ2v) is 4.90. The number of esters is 1. The zero-order chi connectivity index (χ0) is 13.5. The van der Waals surface area contributed by atoms with Crippen molar-refractivity contribution >= 4 is 38.6 Å². The van der Waals surface area contributed by atoms with Gasteiger partial charge < -0.3 is 9.41 Å². The van der Waals surface area contributed by atoms with Crippen LogP contribution >= 0.6 is 20.5 Å². The Balaban J connectivity index is 3.09. The second-order valence-electron chi connectivity index (χ2n) is 3.14. The van der Waals surface area contributed by atoms with Crippen molar-refractivity contribution in [1.82, 2.24) is 9.97 Å². The van der Waals surface area contributed by atoms with Gasteiger partial charge in [-0.15, -0.1) is 0 Å². The van der Waals surface area contributed by atoms with E-state index < -0.39 is 0 Å². The van der Waals surface area contributed by atoms with Crippen molar-refractivity contribution in [3.05, 3.63) is 11.8 Å². The number of aldehydes is 1. The highest BCUT2D eigenvalue weighted by atomic mass is 32.2. The smallest absolute Gasteiger partial charge is 0.325 e. The van der Waals surface area contributed by atoms with Gasteiger partial charge in [-0.05, 0) is 21.7 Å². The molecule has 0 amide bonds. The maximum absolute atomic E-state index is 11.3. The monoisotopic (exact) mass is 287 g/mol. The van der Waals surface area contributed by atoms with Gasteiger partial charge >= 0.3 is 5.97 Å². The molecule has 0 aliphatic heterocycles. The number of ether oxygens (including phenoxy) is 1. The Labute approximate surface area is 111 Å². The molecule has 98 valence electrons. The minimum atomic E-state index is -0.370. The number of aromatic nitrogens is 2. The van der Waals surface area contributed by atoms with E-state index >= 15 is 0 Å². The third-order valence-corrected chi connectivity index (χ3v) is 3.60. The van der Waals surface area contributed by atoms with Gasteiger partial charge in [0, 0.05) is 6.20 Å². The number of hydrogen-bond donors (Lipinski definition) is 0. The summed E-state index contributed by atoms with van der Waals surface area (Å²) >= 11 is 1.38. The number of anilines is 1. The predicted octanol–water partition coefficient (Wildman–Crippen LogP) is 1.21. The van der Waals surface area contributed by atoms with Gasteiger partial charge in [0.25, 0.3) is 0 Å². The van der Waals surface area contributed by atoms with Crippen LogP contribution < -0.4 is 4.67 Å². The Bertz CT molecular complexity index is 444. The van der Waals surface area contributed by atoms with Crippen molar-refractivity contribution < 1.29 is 14.3 Å². The average molecular weight is 287 g/mol. The number of carbonyl (C=O) groups is 2. The number of hydrogen-bond acceptors (Lipinski definition) is 7. The molecule has 0 N–H and O–H groups in total. The van der Waals surface area contributed by atoms with Crippen molar-refractivity contribution in [1.29, 1.82) is 0 Å². The molecule has 1 atom stereocenters. The van der Waals surface area contributed by atoms with Crippen LogP contribution in [0.15, 0.2) is 11.4 Å². The van der Waals surface area contributed by atoms with E-state index in [9.17, 15) is 9.59 Å². The molecule has 0 spiro atoms. The fourth-order valence-electron chi connectivity index (χ4n) is 1.22. The van der Waals surface area contributed by atoms with Gasteiger partial charge in [0.05, 0.1) is 12.7 Å². The molecule has 1 heterocycles. The lowest BCUT2D eigenvalue weighted by Crippen LogP contribution is -2.25. The molecule has 1 aromatic rings. The molecule has 0 radical (unpaired) electrons. The SMILES string of the molecule is COC(=O)CN(PC)c1nc(SC)ncc1C=O. The van der Waals surface area contributed by atoms with Gasteiger partial charge in [-0.1, -0.05) is 11.8 Å². The van der Waals surface area contributed by atoms with E-state index in [1.165, 1.54) is 25.1 Å². The van der Waals surface area contributed by atoms with Gasteiger partial charge in [0.2, 0.25) is 0 Å². The van der Waals surface area contributed by atoms with E-state index in [2.05, 4.69) is 14.7 Å². The van der Waals surface area contributed by atoms with E-state index in [0.717, 1.165) is 0 Å². The minimum Gasteiger partial charge on any atom is -0.468 e. The van der Waals surface area contributed by atoms with Crippen molar-refractivity contribution in [2.45, 2.75) is 5.16 Å². The lowest BCUT2D eigenvalue weighted by Gasteiger charge is -2.21. The molecule has 1 aromatic heterocycles. The maximum atomic E-state index is 11.3. The van der Waals surface area contributed by atoms with Gasteiger partial charge in [-0.3, -0.25) is 9.59 Å². The molecule has 0 bridgehead atoms.